The number of phenols is 1. The molecule has 55 heavy (non-hydrogen) atoms. The molecule has 0 saturated carbocycles. The van der Waals surface area contributed by atoms with Crippen LogP contribution >= 0.6 is 0 Å². The summed E-state index contributed by atoms with van der Waals surface area (Å²) in [6.07, 6.45) is 0.264. The Hall–Kier alpha value is -5.57. The number of para-hydroxylation sites is 1. The number of imidazole rings is 1. The van der Waals surface area contributed by atoms with Crippen LogP contribution in [-0.4, -0.2) is 19.6 Å². The average molecular weight is 906 g/mol. The minimum atomic E-state index is -0.604. The molecule has 0 unspecified atom stereocenters. The fourth-order valence-corrected chi connectivity index (χ4v) is 7.02. The summed E-state index contributed by atoms with van der Waals surface area (Å²) < 4.78 is 71.0. The van der Waals surface area contributed by atoms with Crippen molar-refractivity contribution in [2.45, 2.75) is 53.4 Å². The van der Waals surface area contributed by atoms with Crippen molar-refractivity contribution in [3.05, 3.63) is 168 Å². The van der Waals surface area contributed by atoms with Gasteiger partial charge in [-0.2, -0.15) is 0 Å². The van der Waals surface area contributed by atoms with Gasteiger partial charge in [-0.05, 0) is 94.9 Å². The maximum absolute atomic E-state index is 11.6. The van der Waals surface area contributed by atoms with Gasteiger partial charge in [0, 0.05) is 38.6 Å². The van der Waals surface area contributed by atoms with Gasteiger partial charge in [0.25, 0.3) is 0 Å². The van der Waals surface area contributed by atoms with E-state index in [-0.39, 0.29) is 49.7 Å². The molecular weight excluding hydrogens is 854 g/mol. The van der Waals surface area contributed by atoms with Crippen LogP contribution in [0, 0.1) is 19.9 Å². The van der Waals surface area contributed by atoms with Crippen molar-refractivity contribution >= 4 is 11.0 Å². The fourth-order valence-electron chi connectivity index (χ4n) is 7.02. The standard InChI is InChI=1S/C50H44N3O.Pt/c1-7-34-30-41(21-22-42(34)36-17-12-9-13-18-36)53-46-20-14-19-43(47(46)52-49(53)44-26-32(2)25-33(3)48(44)54)38-27-39(29-40(28-38)50(4,5)6)45-31-37(23-24-51-45)35-15-10-8-11-16-35;/h8-26,28-31,54H,7H2,1-6H3;/q-1;/i8D,10D,11D,15D,16D,23D,24D,31D;. The van der Waals surface area contributed by atoms with E-state index in [0.717, 1.165) is 51.0 Å². The Labute approximate surface area is 350 Å². The molecule has 0 aliphatic heterocycles. The van der Waals surface area contributed by atoms with Crippen LogP contribution in [0.1, 0.15) is 60.9 Å². The molecular formula is C50H44N3OPt-. The van der Waals surface area contributed by atoms with E-state index in [0.29, 0.717) is 33.6 Å². The smallest absolute Gasteiger partial charge is 0.148 e. The number of hydrogen-bond acceptors (Lipinski definition) is 3. The second-order valence-corrected chi connectivity index (χ2v) is 14.6. The Morgan fingerprint density at radius 1 is 0.764 bits per heavy atom. The van der Waals surface area contributed by atoms with E-state index in [1.807, 2.05) is 95.3 Å². The van der Waals surface area contributed by atoms with Crippen LogP contribution in [0.5, 0.6) is 5.75 Å². The Morgan fingerprint density at radius 2 is 1.53 bits per heavy atom. The molecule has 6 aromatic carbocycles. The van der Waals surface area contributed by atoms with E-state index in [2.05, 4.69) is 52.9 Å². The minimum absolute atomic E-state index is 0. The van der Waals surface area contributed by atoms with E-state index < -0.39 is 47.8 Å². The number of hydrogen-bond donors (Lipinski definition) is 1. The summed E-state index contributed by atoms with van der Waals surface area (Å²) >= 11 is 0. The summed E-state index contributed by atoms with van der Waals surface area (Å²) in [5.74, 6) is 0.670. The molecule has 5 heteroatoms. The van der Waals surface area contributed by atoms with Crippen molar-refractivity contribution in [3.8, 4) is 67.5 Å². The predicted octanol–water partition coefficient (Wildman–Crippen LogP) is 12.7. The topological polar surface area (TPSA) is 50.9 Å². The van der Waals surface area contributed by atoms with Crippen LogP contribution in [0.25, 0.3) is 72.7 Å². The largest absolute Gasteiger partial charge is 0.507 e. The zero-order valence-corrected chi connectivity index (χ0v) is 33.7. The van der Waals surface area contributed by atoms with E-state index in [4.69, 9.17) is 14.6 Å². The van der Waals surface area contributed by atoms with Crippen LogP contribution in [-0.2, 0) is 32.9 Å². The first-order valence-corrected chi connectivity index (χ1v) is 18.1. The molecule has 0 atom stereocenters. The summed E-state index contributed by atoms with van der Waals surface area (Å²) in [6.45, 7) is 12.1. The van der Waals surface area contributed by atoms with Crippen LogP contribution < -0.4 is 0 Å². The summed E-state index contributed by atoms with van der Waals surface area (Å²) in [7, 11) is 0. The van der Waals surface area contributed by atoms with Gasteiger partial charge in [-0.15, -0.1) is 29.3 Å². The third-order valence-corrected chi connectivity index (χ3v) is 9.81. The first-order chi connectivity index (χ1) is 29.4. The van der Waals surface area contributed by atoms with E-state index in [1.54, 1.807) is 0 Å². The van der Waals surface area contributed by atoms with Gasteiger partial charge in [0.2, 0.25) is 0 Å². The molecule has 0 aliphatic carbocycles. The minimum Gasteiger partial charge on any atom is -0.507 e. The Kier molecular flexibility index (Phi) is 8.01. The zero-order valence-electron chi connectivity index (χ0n) is 39.5. The number of pyridine rings is 1. The third-order valence-electron chi connectivity index (χ3n) is 9.81. The van der Waals surface area contributed by atoms with Gasteiger partial charge in [0.1, 0.15) is 11.6 Å². The summed E-state index contributed by atoms with van der Waals surface area (Å²) in [4.78, 5) is 9.73. The number of benzene rings is 6. The number of rotatable bonds is 7. The molecule has 0 fully saturated rings. The predicted molar refractivity (Wildman–Crippen MR) is 224 cm³/mol. The molecule has 0 saturated heterocycles. The quantitative estimate of drug-likeness (QED) is 0.162. The number of aromatic nitrogens is 3. The Bertz CT molecular complexity index is 3090. The van der Waals surface area contributed by atoms with Gasteiger partial charge in [-0.25, -0.2) is 4.98 Å². The normalized spacial score (nSPS) is 13.5. The summed E-state index contributed by atoms with van der Waals surface area (Å²) in [5, 5.41) is 11.6. The van der Waals surface area contributed by atoms with Gasteiger partial charge in [0.05, 0.1) is 27.6 Å². The SMILES string of the molecule is [2H]c1nc(-c2[c-]c(-c3cccc4c3nc(-c3cc(C)cc(C)c3O)n4-c3ccc(-c4ccccc4)c(CC)c3)cc(C(C)(C)C)c2)c([2H])c(-c2c([2H])c([2H])c([2H])c([2H])c2[2H])c1[2H].[Pt]. The molecule has 0 bridgehead atoms. The van der Waals surface area contributed by atoms with Crippen molar-refractivity contribution < 1.29 is 37.1 Å². The second kappa shape index (κ2) is 15.3. The molecule has 8 rings (SSSR count). The Balaban J connectivity index is 0.00000595. The fraction of sp³-hybridized carbons (Fsp3) is 0.160. The van der Waals surface area contributed by atoms with Gasteiger partial charge in [-0.3, -0.25) is 9.55 Å². The number of aryl methyl sites for hydroxylation is 3. The first kappa shape index (κ1) is 28.8. The van der Waals surface area contributed by atoms with E-state index >= 15 is 0 Å². The van der Waals surface area contributed by atoms with Crippen molar-refractivity contribution in [1.29, 1.82) is 0 Å². The molecule has 0 aliphatic rings. The Morgan fingerprint density at radius 3 is 2.27 bits per heavy atom. The van der Waals surface area contributed by atoms with Gasteiger partial charge < -0.3 is 5.11 Å². The molecule has 1 N–H and O–H groups in total. The number of phenolic OH excluding ortho intramolecular Hbond substituents is 1. The monoisotopic (exact) mass is 905 g/mol. The molecule has 2 aromatic heterocycles. The van der Waals surface area contributed by atoms with Crippen molar-refractivity contribution in [1.82, 2.24) is 14.5 Å². The summed E-state index contributed by atoms with van der Waals surface area (Å²) in [6, 6.07) is 29.9. The third kappa shape index (κ3) is 7.32. The molecule has 4 nitrogen and oxygen atoms in total. The number of fused-ring (bicyclic) bond motifs is 1. The summed E-state index contributed by atoms with van der Waals surface area (Å²) in [5.41, 5.74) is 9.33. The van der Waals surface area contributed by atoms with Gasteiger partial charge in [0.15, 0.2) is 0 Å². The van der Waals surface area contributed by atoms with Crippen LogP contribution in [0.2, 0.25) is 0 Å². The second-order valence-electron chi connectivity index (χ2n) is 14.6. The molecule has 276 valence electrons. The van der Waals surface area contributed by atoms with Crippen LogP contribution in [0.15, 0.2) is 139 Å². The number of aromatic hydroxyl groups is 1. The molecule has 8 aromatic rings. The van der Waals surface area contributed by atoms with Crippen molar-refractivity contribution in [2.24, 2.45) is 0 Å². The van der Waals surface area contributed by atoms with E-state index in [9.17, 15) is 6.48 Å². The molecule has 0 spiro atoms. The molecule has 0 radical (unpaired) electrons. The molecule has 0 amide bonds. The average Bonchev–Trinajstić information content (AvgIpc) is 3.65. The van der Waals surface area contributed by atoms with Gasteiger partial charge in [-0.1, -0.05) is 130 Å². The van der Waals surface area contributed by atoms with Crippen LogP contribution in [0.4, 0.5) is 0 Å². The molecule has 2 heterocycles. The van der Waals surface area contributed by atoms with Gasteiger partial charge >= 0.3 is 0 Å². The first-order valence-electron chi connectivity index (χ1n) is 22.1. The number of nitrogens with zero attached hydrogens (tertiary/aromatic N) is 3. The van der Waals surface area contributed by atoms with Crippen LogP contribution in [0.3, 0.4) is 0 Å². The maximum atomic E-state index is 11.6. The maximum Gasteiger partial charge on any atom is 0.148 e. The van der Waals surface area contributed by atoms with E-state index in [1.165, 1.54) is 0 Å². The zero-order chi connectivity index (χ0) is 44.5. The van der Waals surface area contributed by atoms with Crippen molar-refractivity contribution in [2.75, 3.05) is 0 Å². The van der Waals surface area contributed by atoms with Crippen molar-refractivity contribution in [3.63, 3.8) is 0 Å².